The number of nitriles is 1. The molecule has 0 aliphatic rings. The summed E-state index contributed by atoms with van der Waals surface area (Å²) in [6, 6.07) is 6.71. The molecule has 0 radical (unpaired) electrons. The quantitative estimate of drug-likeness (QED) is 0.720. The Labute approximate surface area is 129 Å². The Balaban J connectivity index is 2.51. The number of nitrogens with one attached hydrogen (secondary N) is 1. The predicted molar refractivity (Wildman–Crippen MR) is 83.1 cm³/mol. The van der Waals surface area contributed by atoms with Gasteiger partial charge in [0.25, 0.3) is 0 Å². The third-order valence-electron chi connectivity index (χ3n) is 2.83. The van der Waals surface area contributed by atoms with Crippen molar-refractivity contribution in [3.63, 3.8) is 0 Å². The van der Waals surface area contributed by atoms with Crippen LogP contribution in [0.5, 0.6) is 0 Å². The van der Waals surface area contributed by atoms with Gasteiger partial charge in [0.1, 0.15) is 6.07 Å². The van der Waals surface area contributed by atoms with Crippen molar-refractivity contribution in [3.05, 3.63) is 41.4 Å². The lowest BCUT2D eigenvalue weighted by molar-refractivity contribution is -0.116. The van der Waals surface area contributed by atoms with Crippen LogP contribution in [0.15, 0.2) is 30.9 Å². The van der Waals surface area contributed by atoms with Gasteiger partial charge in [-0.15, -0.1) is 6.58 Å². The van der Waals surface area contributed by atoms with Gasteiger partial charge < -0.3 is 10.4 Å². The van der Waals surface area contributed by atoms with Crippen molar-refractivity contribution in [2.45, 2.75) is 6.42 Å². The number of amides is 1. The Morgan fingerprint density at radius 1 is 1.52 bits per heavy atom. The second-order valence-corrected chi connectivity index (χ2v) is 4.82. The molecule has 0 saturated heterocycles. The smallest absolute Gasteiger partial charge is 0.225 e. The summed E-state index contributed by atoms with van der Waals surface area (Å²) >= 11 is 5.90. The lowest BCUT2D eigenvalue weighted by atomic mass is 10.2. The van der Waals surface area contributed by atoms with Gasteiger partial charge in [-0.2, -0.15) is 5.26 Å². The minimum Gasteiger partial charge on any atom is -0.395 e. The van der Waals surface area contributed by atoms with Gasteiger partial charge in [-0.05, 0) is 18.2 Å². The summed E-state index contributed by atoms with van der Waals surface area (Å²) < 4.78 is 0. The van der Waals surface area contributed by atoms with Gasteiger partial charge in [0, 0.05) is 31.7 Å². The molecule has 0 saturated carbocycles. The minimum absolute atomic E-state index is 0.0424. The van der Waals surface area contributed by atoms with E-state index in [0.29, 0.717) is 42.3 Å². The zero-order valence-electron chi connectivity index (χ0n) is 11.7. The Hall–Kier alpha value is -1.87. The molecule has 5 nitrogen and oxygen atoms in total. The highest BCUT2D eigenvalue weighted by Crippen LogP contribution is 2.20. The van der Waals surface area contributed by atoms with Crippen molar-refractivity contribution < 1.29 is 9.90 Å². The lowest BCUT2D eigenvalue weighted by Gasteiger charge is -2.18. The van der Waals surface area contributed by atoms with Crippen molar-refractivity contribution in [2.75, 3.05) is 31.6 Å². The minimum atomic E-state index is -0.150. The van der Waals surface area contributed by atoms with Crippen LogP contribution in [0.4, 0.5) is 5.69 Å². The summed E-state index contributed by atoms with van der Waals surface area (Å²) in [4.78, 5) is 13.8. The fourth-order valence-corrected chi connectivity index (χ4v) is 2.01. The largest absolute Gasteiger partial charge is 0.395 e. The molecule has 0 bridgehead atoms. The fourth-order valence-electron chi connectivity index (χ4n) is 1.79. The molecule has 0 aromatic heterocycles. The summed E-state index contributed by atoms with van der Waals surface area (Å²) in [5.74, 6) is -0.150. The standard InChI is InChI=1S/C15H18ClN3O2/c1-2-6-19(8-9-20)7-5-15(21)18-13-4-3-12(11-17)14(16)10-13/h2-4,10,20H,1,5-9H2,(H,18,21). The van der Waals surface area contributed by atoms with E-state index < -0.39 is 0 Å². The van der Waals surface area contributed by atoms with Crippen LogP contribution in [0.2, 0.25) is 5.02 Å². The average molecular weight is 308 g/mol. The van der Waals surface area contributed by atoms with Gasteiger partial charge in [0.15, 0.2) is 0 Å². The maximum Gasteiger partial charge on any atom is 0.225 e. The van der Waals surface area contributed by atoms with E-state index >= 15 is 0 Å². The highest BCUT2D eigenvalue weighted by molar-refractivity contribution is 6.32. The first-order chi connectivity index (χ1) is 10.1. The summed E-state index contributed by atoms with van der Waals surface area (Å²) in [6.07, 6.45) is 2.03. The molecule has 112 valence electrons. The zero-order chi connectivity index (χ0) is 15.7. The molecular weight excluding hydrogens is 290 g/mol. The summed E-state index contributed by atoms with van der Waals surface area (Å²) in [5, 5.41) is 20.7. The van der Waals surface area contributed by atoms with Gasteiger partial charge in [0.2, 0.25) is 5.91 Å². The fraction of sp³-hybridized carbons (Fsp3) is 0.333. The number of halogens is 1. The normalized spacial score (nSPS) is 10.2. The summed E-state index contributed by atoms with van der Waals surface area (Å²) in [7, 11) is 0. The van der Waals surface area contributed by atoms with Crippen LogP contribution in [0.25, 0.3) is 0 Å². The van der Waals surface area contributed by atoms with E-state index in [4.69, 9.17) is 22.0 Å². The van der Waals surface area contributed by atoms with E-state index in [1.165, 1.54) is 0 Å². The molecule has 0 spiro atoms. The van der Waals surface area contributed by atoms with Crippen LogP contribution >= 0.6 is 11.6 Å². The van der Waals surface area contributed by atoms with E-state index in [-0.39, 0.29) is 12.5 Å². The van der Waals surface area contributed by atoms with Crippen molar-refractivity contribution in [3.8, 4) is 6.07 Å². The monoisotopic (exact) mass is 307 g/mol. The number of anilines is 1. The first kappa shape index (κ1) is 17.2. The van der Waals surface area contributed by atoms with Gasteiger partial charge in [-0.1, -0.05) is 17.7 Å². The first-order valence-electron chi connectivity index (χ1n) is 6.54. The van der Waals surface area contributed by atoms with Gasteiger partial charge >= 0.3 is 0 Å². The van der Waals surface area contributed by atoms with Gasteiger partial charge in [-0.3, -0.25) is 9.69 Å². The van der Waals surface area contributed by atoms with E-state index in [0.717, 1.165) is 0 Å². The molecule has 0 atom stereocenters. The number of rotatable bonds is 8. The van der Waals surface area contributed by atoms with Crippen LogP contribution in [0.3, 0.4) is 0 Å². The second-order valence-electron chi connectivity index (χ2n) is 4.42. The number of nitrogens with zero attached hydrogens (tertiary/aromatic N) is 2. The highest BCUT2D eigenvalue weighted by atomic mass is 35.5. The maximum atomic E-state index is 11.9. The Kier molecular flexibility index (Phi) is 7.48. The molecule has 1 aromatic carbocycles. The maximum absolute atomic E-state index is 11.9. The molecule has 1 amide bonds. The van der Waals surface area contributed by atoms with Gasteiger partial charge in [0.05, 0.1) is 17.2 Å². The second kappa shape index (κ2) is 9.14. The topological polar surface area (TPSA) is 76.4 Å². The Bertz CT molecular complexity index is 540. The molecule has 0 fully saturated rings. The van der Waals surface area contributed by atoms with Crippen LogP contribution in [-0.2, 0) is 4.79 Å². The summed E-state index contributed by atoms with van der Waals surface area (Å²) in [6.45, 7) is 5.33. The highest BCUT2D eigenvalue weighted by Gasteiger charge is 2.08. The number of benzene rings is 1. The van der Waals surface area contributed by atoms with Crippen LogP contribution < -0.4 is 5.32 Å². The van der Waals surface area contributed by atoms with Crippen molar-refractivity contribution in [2.24, 2.45) is 0 Å². The van der Waals surface area contributed by atoms with Gasteiger partial charge in [-0.25, -0.2) is 0 Å². The molecular formula is C15H18ClN3O2. The molecule has 6 heteroatoms. The molecule has 2 N–H and O–H groups in total. The van der Waals surface area contributed by atoms with Crippen molar-refractivity contribution >= 4 is 23.2 Å². The Morgan fingerprint density at radius 3 is 2.86 bits per heavy atom. The molecule has 0 unspecified atom stereocenters. The van der Waals surface area contributed by atoms with E-state index in [9.17, 15) is 4.79 Å². The predicted octanol–water partition coefficient (Wildman–Crippen LogP) is 2.02. The molecule has 0 heterocycles. The number of carbonyl (C=O) groups excluding carboxylic acids is 1. The van der Waals surface area contributed by atoms with E-state index in [1.54, 1.807) is 24.3 Å². The number of hydrogen-bond acceptors (Lipinski definition) is 4. The molecule has 21 heavy (non-hydrogen) atoms. The molecule has 0 aliphatic carbocycles. The van der Waals surface area contributed by atoms with Crippen molar-refractivity contribution in [1.29, 1.82) is 5.26 Å². The average Bonchev–Trinajstić information content (AvgIpc) is 2.45. The lowest BCUT2D eigenvalue weighted by Crippen LogP contribution is -2.30. The third kappa shape index (κ3) is 5.96. The van der Waals surface area contributed by atoms with Crippen molar-refractivity contribution in [1.82, 2.24) is 4.90 Å². The van der Waals surface area contributed by atoms with E-state index in [1.807, 2.05) is 11.0 Å². The van der Waals surface area contributed by atoms with Crippen LogP contribution in [-0.4, -0.2) is 42.2 Å². The number of aliphatic hydroxyl groups is 1. The third-order valence-corrected chi connectivity index (χ3v) is 3.14. The number of carbonyl (C=O) groups is 1. The number of hydrogen-bond donors (Lipinski definition) is 2. The summed E-state index contributed by atoms with van der Waals surface area (Å²) in [5.41, 5.74) is 0.927. The first-order valence-corrected chi connectivity index (χ1v) is 6.92. The van der Waals surface area contributed by atoms with Crippen LogP contribution in [0, 0.1) is 11.3 Å². The number of aliphatic hydroxyl groups excluding tert-OH is 1. The molecule has 1 aromatic rings. The Morgan fingerprint density at radius 2 is 2.29 bits per heavy atom. The van der Waals surface area contributed by atoms with E-state index in [2.05, 4.69) is 11.9 Å². The van der Waals surface area contributed by atoms with Crippen LogP contribution in [0.1, 0.15) is 12.0 Å². The molecule has 0 aliphatic heterocycles. The zero-order valence-corrected chi connectivity index (χ0v) is 12.4. The molecule has 1 rings (SSSR count). The SMILES string of the molecule is C=CCN(CCO)CCC(=O)Nc1ccc(C#N)c(Cl)c1.